The summed E-state index contributed by atoms with van der Waals surface area (Å²) in [4.78, 5) is 12.7. The van der Waals surface area contributed by atoms with Gasteiger partial charge >= 0.3 is 0 Å². The molecular weight excluding hydrogens is 274 g/mol. The second-order valence-corrected chi connectivity index (χ2v) is 5.39. The van der Waals surface area contributed by atoms with E-state index in [2.05, 4.69) is 5.32 Å². The molecule has 0 spiro atoms. The Morgan fingerprint density at radius 3 is 2.67 bits per heavy atom. The van der Waals surface area contributed by atoms with E-state index in [0.29, 0.717) is 10.9 Å². The van der Waals surface area contributed by atoms with Crippen LogP contribution in [-0.4, -0.2) is 16.1 Å². The number of nitrogens with one attached hydrogen (secondary N) is 1. The molecule has 3 N–H and O–H groups in total. The minimum atomic E-state index is -0.406. The monoisotopic (exact) mass is 283 g/mol. The summed E-state index contributed by atoms with van der Waals surface area (Å²) in [7, 11) is 0. The van der Waals surface area contributed by atoms with Crippen molar-refractivity contribution in [2.75, 3.05) is 0 Å². The SMILES string of the molecule is O=C(NCc1ccc(Cl)s1)c1ccc(O)cc1O. The van der Waals surface area contributed by atoms with E-state index < -0.39 is 5.91 Å². The Bertz CT molecular complexity index is 582. The minimum Gasteiger partial charge on any atom is -0.508 e. The number of halogens is 1. The van der Waals surface area contributed by atoms with Crippen LogP contribution >= 0.6 is 22.9 Å². The molecule has 4 nitrogen and oxygen atoms in total. The van der Waals surface area contributed by atoms with Crippen LogP contribution < -0.4 is 5.32 Å². The third-order valence-electron chi connectivity index (χ3n) is 2.28. The molecule has 0 fully saturated rings. The summed E-state index contributed by atoms with van der Waals surface area (Å²) in [5.41, 5.74) is 0.121. The first kappa shape index (κ1) is 12.7. The van der Waals surface area contributed by atoms with Crippen LogP contribution in [0.5, 0.6) is 11.5 Å². The van der Waals surface area contributed by atoms with E-state index in [-0.39, 0.29) is 17.1 Å². The highest BCUT2D eigenvalue weighted by Crippen LogP contribution is 2.23. The highest BCUT2D eigenvalue weighted by atomic mass is 35.5. The van der Waals surface area contributed by atoms with Crippen molar-refractivity contribution in [3.05, 3.63) is 45.1 Å². The first-order valence-electron chi connectivity index (χ1n) is 5.10. The van der Waals surface area contributed by atoms with Gasteiger partial charge in [-0.3, -0.25) is 4.79 Å². The number of rotatable bonds is 3. The molecule has 0 atom stereocenters. The Balaban J connectivity index is 2.03. The van der Waals surface area contributed by atoms with Gasteiger partial charge in [-0.05, 0) is 24.3 Å². The highest BCUT2D eigenvalue weighted by Gasteiger charge is 2.11. The summed E-state index contributed by atoms with van der Waals surface area (Å²) >= 11 is 7.15. The molecule has 94 valence electrons. The lowest BCUT2D eigenvalue weighted by Gasteiger charge is -2.05. The van der Waals surface area contributed by atoms with Gasteiger partial charge in [-0.15, -0.1) is 11.3 Å². The van der Waals surface area contributed by atoms with Crippen LogP contribution in [0.3, 0.4) is 0 Å². The molecule has 0 saturated heterocycles. The Kier molecular flexibility index (Phi) is 3.74. The summed E-state index contributed by atoms with van der Waals surface area (Å²) in [6, 6.07) is 7.41. The summed E-state index contributed by atoms with van der Waals surface area (Å²) in [6.45, 7) is 0.344. The van der Waals surface area contributed by atoms with Gasteiger partial charge in [-0.1, -0.05) is 11.6 Å². The molecular formula is C12H10ClNO3S. The van der Waals surface area contributed by atoms with Gasteiger partial charge in [0.15, 0.2) is 0 Å². The number of hydrogen-bond donors (Lipinski definition) is 3. The van der Waals surface area contributed by atoms with Crippen LogP contribution in [0.25, 0.3) is 0 Å². The number of hydrogen-bond acceptors (Lipinski definition) is 4. The van der Waals surface area contributed by atoms with Gasteiger partial charge in [0.1, 0.15) is 11.5 Å². The largest absolute Gasteiger partial charge is 0.508 e. The molecule has 0 unspecified atom stereocenters. The number of phenolic OH excluding ortho intramolecular Hbond substituents is 2. The zero-order chi connectivity index (χ0) is 13.1. The van der Waals surface area contributed by atoms with E-state index in [4.69, 9.17) is 16.7 Å². The zero-order valence-electron chi connectivity index (χ0n) is 9.18. The lowest BCUT2D eigenvalue weighted by molar-refractivity contribution is 0.0948. The first-order valence-corrected chi connectivity index (χ1v) is 6.30. The summed E-state index contributed by atoms with van der Waals surface area (Å²) in [5.74, 6) is -0.747. The number of phenols is 2. The fraction of sp³-hybridized carbons (Fsp3) is 0.0833. The molecule has 1 aromatic carbocycles. The molecule has 0 bridgehead atoms. The van der Waals surface area contributed by atoms with Gasteiger partial charge in [-0.25, -0.2) is 0 Å². The number of benzene rings is 1. The van der Waals surface area contributed by atoms with Crippen molar-refractivity contribution < 1.29 is 15.0 Å². The molecule has 0 aliphatic rings. The molecule has 2 rings (SSSR count). The molecule has 1 aromatic heterocycles. The normalized spacial score (nSPS) is 10.3. The maximum Gasteiger partial charge on any atom is 0.255 e. The average molecular weight is 284 g/mol. The number of aromatic hydroxyl groups is 2. The standard InChI is InChI=1S/C12H10ClNO3S/c13-11-4-2-8(18-11)6-14-12(17)9-3-1-7(15)5-10(9)16/h1-5,15-16H,6H2,(H,14,17). The van der Waals surface area contributed by atoms with Gasteiger partial charge in [-0.2, -0.15) is 0 Å². The lowest BCUT2D eigenvalue weighted by Crippen LogP contribution is -2.22. The number of carbonyl (C=O) groups is 1. The van der Waals surface area contributed by atoms with Crippen molar-refractivity contribution in [3.63, 3.8) is 0 Å². The molecule has 0 aliphatic heterocycles. The van der Waals surface area contributed by atoms with Crippen molar-refractivity contribution in [1.29, 1.82) is 0 Å². The molecule has 2 aromatic rings. The van der Waals surface area contributed by atoms with Gasteiger partial charge < -0.3 is 15.5 Å². The molecule has 1 heterocycles. The number of amides is 1. The van der Waals surface area contributed by atoms with Crippen LogP contribution in [0, 0.1) is 0 Å². The van der Waals surface area contributed by atoms with Crippen molar-refractivity contribution >= 4 is 28.8 Å². The fourth-order valence-corrected chi connectivity index (χ4v) is 2.45. The minimum absolute atomic E-state index is 0.0888. The molecule has 0 aliphatic carbocycles. The Morgan fingerprint density at radius 2 is 2.06 bits per heavy atom. The van der Waals surface area contributed by atoms with Crippen molar-refractivity contribution in [3.8, 4) is 11.5 Å². The second kappa shape index (κ2) is 5.29. The van der Waals surface area contributed by atoms with E-state index in [1.165, 1.54) is 23.5 Å². The van der Waals surface area contributed by atoms with E-state index in [9.17, 15) is 9.90 Å². The maximum absolute atomic E-state index is 11.8. The van der Waals surface area contributed by atoms with Crippen LogP contribution in [0.15, 0.2) is 30.3 Å². The van der Waals surface area contributed by atoms with Gasteiger partial charge in [0.2, 0.25) is 0 Å². The molecule has 6 heteroatoms. The smallest absolute Gasteiger partial charge is 0.255 e. The van der Waals surface area contributed by atoms with Crippen molar-refractivity contribution in [2.45, 2.75) is 6.54 Å². The van der Waals surface area contributed by atoms with Gasteiger partial charge in [0, 0.05) is 10.9 Å². The van der Waals surface area contributed by atoms with E-state index in [0.717, 1.165) is 10.9 Å². The second-order valence-electron chi connectivity index (χ2n) is 3.59. The predicted octanol–water partition coefficient (Wildman–Crippen LogP) is 2.74. The number of carbonyl (C=O) groups excluding carboxylic acids is 1. The van der Waals surface area contributed by atoms with Gasteiger partial charge in [0.05, 0.1) is 16.4 Å². The molecule has 0 saturated carbocycles. The van der Waals surface area contributed by atoms with Crippen LogP contribution in [0.2, 0.25) is 4.34 Å². The highest BCUT2D eigenvalue weighted by molar-refractivity contribution is 7.16. The molecule has 18 heavy (non-hydrogen) atoms. The summed E-state index contributed by atoms with van der Waals surface area (Å²) in [6.07, 6.45) is 0. The van der Waals surface area contributed by atoms with Crippen LogP contribution in [-0.2, 0) is 6.54 Å². The fourth-order valence-electron chi connectivity index (χ4n) is 1.42. The zero-order valence-corrected chi connectivity index (χ0v) is 10.8. The average Bonchev–Trinajstić information content (AvgIpc) is 2.72. The summed E-state index contributed by atoms with van der Waals surface area (Å²) in [5, 5.41) is 21.3. The first-order chi connectivity index (χ1) is 8.56. The third-order valence-corrected chi connectivity index (χ3v) is 3.51. The van der Waals surface area contributed by atoms with Crippen LogP contribution in [0.1, 0.15) is 15.2 Å². The third kappa shape index (κ3) is 2.94. The Labute approximate surface area is 112 Å². The van der Waals surface area contributed by atoms with E-state index >= 15 is 0 Å². The molecule has 1 amide bonds. The summed E-state index contributed by atoms with van der Waals surface area (Å²) < 4.78 is 0.659. The van der Waals surface area contributed by atoms with E-state index in [1.807, 2.05) is 6.07 Å². The van der Waals surface area contributed by atoms with Crippen molar-refractivity contribution in [1.82, 2.24) is 5.32 Å². The van der Waals surface area contributed by atoms with Crippen LogP contribution in [0.4, 0.5) is 0 Å². The Morgan fingerprint density at radius 1 is 1.28 bits per heavy atom. The van der Waals surface area contributed by atoms with Crippen molar-refractivity contribution in [2.24, 2.45) is 0 Å². The predicted molar refractivity (Wildman–Crippen MR) is 70.3 cm³/mol. The quantitative estimate of drug-likeness (QED) is 0.811. The van der Waals surface area contributed by atoms with E-state index in [1.54, 1.807) is 6.07 Å². The lowest BCUT2D eigenvalue weighted by atomic mass is 10.2. The Hall–Kier alpha value is -1.72. The maximum atomic E-state index is 11.8. The number of thiophene rings is 1. The molecule has 0 radical (unpaired) electrons. The topological polar surface area (TPSA) is 69.6 Å². The van der Waals surface area contributed by atoms with Gasteiger partial charge in [0.25, 0.3) is 5.91 Å².